The highest BCUT2D eigenvalue weighted by atomic mass is 127. The molecule has 0 saturated heterocycles. The topological polar surface area (TPSA) is 83.0 Å². The number of aliphatic imine (C=N–C) groups is 1. The van der Waals surface area contributed by atoms with Crippen LogP contribution >= 0.6 is 35.6 Å². The number of nitrogens with one attached hydrogen (secondary N) is 2. The second kappa shape index (κ2) is 14.1. The van der Waals surface area contributed by atoms with Crippen LogP contribution in [0.1, 0.15) is 26.3 Å². The zero-order valence-corrected chi connectivity index (χ0v) is 20.5. The highest BCUT2D eigenvalue weighted by molar-refractivity contribution is 14.0. The summed E-state index contributed by atoms with van der Waals surface area (Å²) >= 11 is 5.93. The minimum atomic E-state index is -3.36. The van der Waals surface area contributed by atoms with Gasteiger partial charge in [0.2, 0.25) is 10.0 Å². The molecule has 12 heteroatoms. The van der Waals surface area contributed by atoms with Crippen molar-refractivity contribution in [2.75, 3.05) is 31.9 Å². The minimum Gasteiger partial charge on any atom is -0.434 e. The van der Waals surface area contributed by atoms with Gasteiger partial charge >= 0.3 is 6.61 Å². The quantitative estimate of drug-likeness (QED) is 0.243. The third kappa shape index (κ3) is 10.1. The van der Waals surface area contributed by atoms with E-state index in [2.05, 4.69) is 20.4 Å². The number of benzene rings is 1. The Morgan fingerprint density at radius 3 is 2.45 bits per heavy atom. The van der Waals surface area contributed by atoms with E-state index in [1.165, 1.54) is 22.5 Å². The van der Waals surface area contributed by atoms with Gasteiger partial charge in [0.1, 0.15) is 5.75 Å². The molecular formula is C17H28ClF2IN4O3S. The minimum absolute atomic E-state index is 0. The molecule has 1 aromatic rings. The Labute approximate surface area is 193 Å². The monoisotopic (exact) mass is 568 g/mol. The molecule has 0 heterocycles. The first kappa shape index (κ1) is 28.1. The molecule has 0 aliphatic rings. The third-order valence-corrected chi connectivity index (χ3v) is 6.00. The lowest BCUT2D eigenvalue weighted by Gasteiger charge is -2.19. The van der Waals surface area contributed by atoms with Crippen molar-refractivity contribution in [2.45, 2.75) is 33.9 Å². The van der Waals surface area contributed by atoms with Gasteiger partial charge in [-0.15, -0.1) is 24.0 Å². The molecule has 0 radical (unpaired) electrons. The summed E-state index contributed by atoms with van der Waals surface area (Å²) < 4.78 is 55.4. The maximum atomic E-state index is 12.5. The Bertz CT molecular complexity index is 750. The first-order valence-corrected chi connectivity index (χ1v) is 10.9. The van der Waals surface area contributed by atoms with E-state index < -0.39 is 16.6 Å². The molecule has 0 aliphatic heterocycles. The Morgan fingerprint density at radius 1 is 1.24 bits per heavy atom. The predicted octanol–water partition coefficient (Wildman–Crippen LogP) is 3.29. The lowest BCUT2D eigenvalue weighted by molar-refractivity contribution is -0.0504. The molecular weight excluding hydrogens is 541 g/mol. The van der Waals surface area contributed by atoms with Crippen LogP contribution in [0.25, 0.3) is 0 Å². The number of alkyl halides is 2. The van der Waals surface area contributed by atoms with Crippen LogP contribution in [0.3, 0.4) is 0 Å². The highest BCUT2D eigenvalue weighted by Gasteiger charge is 2.18. The number of rotatable bonds is 11. The maximum Gasteiger partial charge on any atom is 0.387 e. The van der Waals surface area contributed by atoms with Crippen LogP contribution in [0.15, 0.2) is 23.2 Å². The van der Waals surface area contributed by atoms with E-state index in [0.717, 1.165) is 0 Å². The van der Waals surface area contributed by atoms with Crippen molar-refractivity contribution in [3.05, 3.63) is 28.8 Å². The van der Waals surface area contributed by atoms with Crippen molar-refractivity contribution in [3.63, 3.8) is 0 Å². The molecule has 0 atom stereocenters. The molecule has 1 aromatic carbocycles. The second-order valence-electron chi connectivity index (χ2n) is 5.65. The van der Waals surface area contributed by atoms with Crippen LogP contribution in [0.2, 0.25) is 5.02 Å². The highest BCUT2D eigenvalue weighted by Crippen LogP contribution is 2.25. The SMILES string of the molecule is CCNC(=NCc1cc(Cl)ccc1OC(F)F)NCCS(=O)(=O)N(CC)CC.I. The first-order chi connectivity index (χ1) is 13.2. The smallest absolute Gasteiger partial charge is 0.387 e. The van der Waals surface area contributed by atoms with Crippen molar-refractivity contribution in [1.82, 2.24) is 14.9 Å². The number of ether oxygens (including phenoxy) is 1. The van der Waals surface area contributed by atoms with Crippen molar-refractivity contribution >= 4 is 51.6 Å². The average Bonchev–Trinajstić information content (AvgIpc) is 2.62. The van der Waals surface area contributed by atoms with Gasteiger partial charge in [0, 0.05) is 36.8 Å². The van der Waals surface area contributed by atoms with Crippen molar-refractivity contribution in [2.24, 2.45) is 4.99 Å². The zero-order chi connectivity index (χ0) is 21.2. The van der Waals surface area contributed by atoms with Gasteiger partial charge in [0.05, 0.1) is 12.3 Å². The average molecular weight is 569 g/mol. The number of guanidine groups is 1. The van der Waals surface area contributed by atoms with Gasteiger partial charge in [0.15, 0.2) is 5.96 Å². The van der Waals surface area contributed by atoms with E-state index in [9.17, 15) is 17.2 Å². The summed E-state index contributed by atoms with van der Waals surface area (Å²) in [4.78, 5) is 4.30. The molecule has 168 valence electrons. The van der Waals surface area contributed by atoms with Crippen molar-refractivity contribution in [1.29, 1.82) is 0 Å². The Morgan fingerprint density at radius 2 is 1.90 bits per heavy atom. The fraction of sp³-hybridized carbons (Fsp3) is 0.588. The molecule has 0 aromatic heterocycles. The van der Waals surface area contributed by atoms with Crippen LogP contribution in [0, 0.1) is 0 Å². The van der Waals surface area contributed by atoms with E-state index in [4.69, 9.17) is 11.6 Å². The summed E-state index contributed by atoms with van der Waals surface area (Å²) in [6.45, 7) is 4.01. The molecule has 2 N–H and O–H groups in total. The van der Waals surface area contributed by atoms with Gasteiger partial charge < -0.3 is 15.4 Å². The summed E-state index contributed by atoms with van der Waals surface area (Å²) in [6.07, 6.45) is 0. The van der Waals surface area contributed by atoms with Crippen LogP contribution in [-0.2, 0) is 16.6 Å². The number of sulfonamides is 1. The Kier molecular flexibility index (Phi) is 13.7. The molecule has 0 unspecified atom stereocenters. The Hall–Kier alpha value is -0.920. The summed E-state index contributed by atoms with van der Waals surface area (Å²) in [5.41, 5.74) is 0.390. The molecule has 7 nitrogen and oxygen atoms in total. The largest absolute Gasteiger partial charge is 0.434 e. The van der Waals surface area contributed by atoms with Gasteiger partial charge in [0.25, 0.3) is 0 Å². The van der Waals surface area contributed by atoms with Crippen LogP contribution in [0.5, 0.6) is 5.75 Å². The lowest BCUT2D eigenvalue weighted by atomic mass is 10.2. The molecule has 29 heavy (non-hydrogen) atoms. The van der Waals surface area contributed by atoms with E-state index in [0.29, 0.717) is 36.2 Å². The van der Waals surface area contributed by atoms with E-state index >= 15 is 0 Å². The fourth-order valence-electron chi connectivity index (χ4n) is 2.43. The second-order valence-corrected chi connectivity index (χ2v) is 8.18. The van der Waals surface area contributed by atoms with Crippen LogP contribution in [-0.4, -0.2) is 57.2 Å². The van der Waals surface area contributed by atoms with Crippen molar-refractivity contribution in [3.8, 4) is 5.75 Å². The van der Waals surface area contributed by atoms with Gasteiger partial charge in [-0.25, -0.2) is 17.7 Å². The van der Waals surface area contributed by atoms with Gasteiger partial charge in [-0.3, -0.25) is 0 Å². The molecule has 0 amide bonds. The first-order valence-electron chi connectivity index (χ1n) is 8.96. The third-order valence-electron chi connectivity index (χ3n) is 3.74. The molecule has 1 rings (SSSR count). The summed E-state index contributed by atoms with van der Waals surface area (Å²) in [6, 6.07) is 4.31. The number of hydrogen-bond acceptors (Lipinski definition) is 4. The van der Waals surface area contributed by atoms with E-state index in [-0.39, 0.29) is 48.6 Å². The number of hydrogen-bond donors (Lipinski definition) is 2. The summed E-state index contributed by atoms with van der Waals surface area (Å²) in [5, 5.41) is 6.29. The zero-order valence-electron chi connectivity index (χ0n) is 16.6. The molecule has 0 fully saturated rings. The summed E-state index contributed by atoms with van der Waals surface area (Å²) in [5.74, 6) is 0.263. The number of nitrogens with zero attached hydrogens (tertiary/aromatic N) is 2. The van der Waals surface area contributed by atoms with Crippen LogP contribution in [0.4, 0.5) is 8.78 Å². The van der Waals surface area contributed by atoms with Crippen molar-refractivity contribution < 1.29 is 21.9 Å². The summed E-state index contributed by atoms with van der Waals surface area (Å²) in [7, 11) is -3.36. The lowest BCUT2D eigenvalue weighted by Crippen LogP contribution is -2.42. The Balaban J connectivity index is 0.00000784. The molecule has 0 saturated carbocycles. The molecule has 0 aliphatic carbocycles. The standard InChI is InChI=1S/C17H27ClF2N4O3S.HI/c1-4-21-17(22-9-10-28(25,26)24(5-2)6-3)23-12-13-11-14(18)7-8-15(13)27-16(19)20;/h7-8,11,16H,4-6,9-10,12H2,1-3H3,(H2,21,22,23);1H. The normalized spacial score (nSPS) is 12.1. The van der Waals surface area contributed by atoms with E-state index in [1.54, 1.807) is 13.8 Å². The fourth-order valence-corrected chi connectivity index (χ4v) is 4.03. The predicted molar refractivity (Wildman–Crippen MR) is 123 cm³/mol. The molecule has 0 spiro atoms. The van der Waals surface area contributed by atoms with E-state index in [1.807, 2.05) is 6.92 Å². The van der Waals surface area contributed by atoms with Crippen LogP contribution < -0.4 is 15.4 Å². The molecule has 0 bridgehead atoms. The number of halogens is 4. The maximum absolute atomic E-state index is 12.5. The van der Waals surface area contributed by atoms with Gasteiger partial charge in [-0.2, -0.15) is 8.78 Å². The van der Waals surface area contributed by atoms with Gasteiger partial charge in [-0.1, -0.05) is 25.4 Å². The van der Waals surface area contributed by atoms with Gasteiger partial charge in [-0.05, 0) is 25.1 Å².